The fourth-order valence-electron chi connectivity index (χ4n) is 1.35. The molecular formula is C11H17F3N4S. The molecule has 0 saturated heterocycles. The smallest absolute Gasteiger partial charge is 0.370 e. The van der Waals surface area contributed by atoms with Gasteiger partial charge in [0, 0.05) is 24.9 Å². The molecule has 0 radical (unpaired) electrons. The number of hydrogen-bond acceptors (Lipinski definition) is 5. The Bertz CT molecular complexity index is 398. The normalized spacial score (nSPS) is 11.4. The highest BCUT2D eigenvalue weighted by Crippen LogP contribution is 2.29. The van der Waals surface area contributed by atoms with Gasteiger partial charge in [-0.15, -0.1) is 0 Å². The molecule has 0 fully saturated rings. The Balaban J connectivity index is 2.46. The molecular weight excluding hydrogens is 277 g/mol. The minimum Gasteiger partial charge on any atom is -0.370 e. The van der Waals surface area contributed by atoms with E-state index in [1.165, 1.54) is 0 Å². The van der Waals surface area contributed by atoms with Gasteiger partial charge in [-0.2, -0.15) is 13.2 Å². The predicted octanol–water partition coefficient (Wildman–Crippen LogP) is 3.27. The lowest BCUT2D eigenvalue weighted by Crippen LogP contribution is -2.12. The average molecular weight is 294 g/mol. The van der Waals surface area contributed by atoms with Crippen LogP contribution in [0.15, 0.2) is 6.07 Å². The maximum Gasteiger partial charge on any atom is 0.441 e. The number of aryl methyl sites for hydroxylation is 1. The quantitative estimate of drug-likeness (QED) is 0.756. The number of hydrogen-bond donors (Lipinski definition) is 2. The lowest BCUT2D eigenvalue weighted by atomic mass is 10.4. The summed E-state index contributed by atoms with van der Waals surface area (Å²) in [6.07, 6.45) is 0.966. The highest BCUT2D eigenvalue weighted by Gasteiger charge is 2.27. The largest absolute Gasteiger partial charge is 0.441 e. The second kappa shape index (κ2) is 7.42. The fourth-order valence-corrected chi connectivity index (χ4v) is 1.78. The van der Waals surface area contributed by atoms with Crippen molar-refractivity contribution < 1.29 is 13.2 Å². The van der Waals surface area contributed by atoms with E-state index in [1.54, 1.807) is 13.0 Å². The molecule has 1 heterocycles. The maximum absolute atomic E-state index is 11.9. The maximum atomic E-state index is 11.9. The predicted molar refractivity (Wildman–Crippen MR) is 72.6 cm³/mol. The van der Waals surface area contributed by atoms with Crippen LogP contribution in [0.25, 0.3) is 0 Å². The summed E-state index contributed by atoms with van der Waals surface area (Å²) in [6, 6.07) is 1.70. The number of rotatable bonds is 7. The lowest BCUT2D eigenvalue weighted by molar-refractivity contribution is -0.0327. The van der Waals surface area contributed by atoms with Gasteiger partial charge in [-0.25, -0.2) is 9.97 Å². The van der Waals surface area contributed by atoms with Gasteiger partial charge in [0.15, 0.2) is 0 Å². The van der Waals surface area contributed by atoms with E-state index in [0.717, 1.165) is 13.0 Å². The van der Waals surface area contributed by atoms with Gasteiger partial charge in [0.1, 0.15) is 17.5 Å². The van der Waals surface area contributed by atoms with E-state index < -0.39 is 5.51 Å². The third kappa shape index (κ3) is 7.09. The van der Waals surface area contributed by atoms with Crippen molar-refractivity contribution in [1.82, 2.24) is 9.97 Å². The Morgan fingerprint density at radius 1 is 1.16 bits per heavy atom. The number of alkyl halides is 3. The van der Waals surface area contributed by atoms with Crippen molar-refractivity contribution in [3.8, 4) is 0 Å². The molecule has 19 heavy (non-hydrogen) atoms. The van der Waals surface area contributed by atoms with Gasteiger partial charge in [-0.1, -0.05) is 6.92 Å². The Morgan fingerprint density at radius 2 is 1.74 bits per heavy atom. The minimum absolute atomic E-state index is 0.0464. The molecule has 108 valence electrons. The Kier molecular flexibility index (Phi) is 6.20. The summed E-state index contributed by atoms with van der Waals surface area (Å²) in [4.78, 5) is 8.31. The van der Waals surface area contributed by atoms with Crippen molar-refractivity contribution >= 4 is 23.4 Å². The van der Waals surface area contributed by atoms with Crippen molar-refractivity contribution in [2.24, 2.45) is 0 Å². The van der Waals surface area contributed by atoms with Crippen LogP contribution in [0.5, 0.6) is 0 Å². The van der Waals surface area contributed by atoms with E-state index >= 15 is 0 Å². The molecule has 2 N–H and O–H groups in total. The number of nitrogens with zero attached hydrogens (tertiary/aromatic N) is 2. The third-order valence-electron chi connectivity index (χ3n) is 2.07. The van der Waals surface area contributed by atoms with Crippen LogP contribution in [0.4, 0.5) is 24.8 Å². The van der Waals surface area contributed by atoms with Crippen LogP contribution in [-0.2, 0) is 0 Å². The van der Waals surface area contributed by atoms with Crippen LogP contribution in [0.1, 0.15) is 19.2 Å². The summed E-state index contributed by atoms with van der Waals surface area (Å²) >= 11 is -0.0464. The standard InChI is InChI=1S/C11H17F3N4S/c1-3-4-15-9-7-10(18-8(2)17-9)16-5-6-19-11(12,13)14/h7H,3-6H2,1-2H3,(H2,15,16,17,18). The molecule has 0 bridgehead atoms. The van der Waals surface area contributed by atoms with E-state index in [9.17, 15) is 13.2 Å². The summed E-state index contributed by atoms with van der Waals surface area (Å²) in [7, 11) is 0. The van der Waals surface area contributed by atoms with E-state index in [0.29, 0.717) is 17.5 Å². The second-order valence-electron chi connectivity index (χ2n) is 3.83. The van der Waals surface area contributed by atoms with E-state index in [2.05, 4.69) is 20.6 Å². The van der Waals surface area contributed by atoms with E-state index in [1.807, 2.05) is 6.92 Å². The van der Waals surface area contributed by atoms with Gasteiger partial charge >= 0.3 is 5.51 Å². The molecule has 8 heteroatoms. The summed E-state index contributed by atoms with van der Waals surface area (Å²) in [5.74, 6) is 1.74. The van der Waals surface area contributed by atoms with Crippen LogP contribution in [0.2, 0.25) is 0 Å². The van der Waals surface area contributed by atoms with Crippen molar-refractivity contribution in [3.05, 3.63) is 11.9 Å². The van der Waals surface area contributed by atoms with Gasteiger partial charge in [-0.05, 0) is 25.1 Å². The van der Waals surface area contributed by atoms with Crippen LogP contribution in [0, 0.1) is 6.92 Å². The summed E-state index contributed by atoms with van der Waals surface area (Å²) in [5, 5.41) is 5.98. The first-order valence-electron chi connectivity index (χ1n) is 5.95. The third-order valence-corrected chi connectivity index (χ3v) is 2.80. The zero-order chi connectivity index (χ0) is 14.3. The SMILES string of the molecule is CCCNc1cc(NCCSC(F)(F)F)nc(C)n1. The number of anilines is 2. The number of aromatic nitrogens is 2. The fraction of sp³-hybridized carbons (Fsp3) is 0.636. The molecule has 0 amide bonds. The van der Waals surface area contributed by atoms with Gasteiger partial charge in [0.05, 0.1) is 0 Å². The first kappa shape index (κ1) is 15.9. The molecule has 0 unspecified atom stereocenters. The topological polar surface area (TPSA) is 49.8 Å². The Hall–Kier alpha value is -1.18. The van der Waals surface area contributed by atoms with Crippen LogP contribution >= 0.6 is 11.8 Å². The minimum atomic E-state index is -4.18. The van der Waals surface area contributed by atoms with E-state index in [-0.39, 0.29) is 24.1 Å². The van der Waals surface area contributed by atoms with Crippen LogP contribution in [0.3, 0.4) is 0 Å². The van der Waals surface area contributed by atoms with Gasteiger partial charge in [0.2, 0.25) is 0 Å². The average Bonchev–Trinajstić information content (AvgIpc) is 2.30. The zero-order valence-corrected chi connectivity index (χ0v) is 11.7. The Morgan fingerprint density at radius 3 is 2.26 bits per heavy atom. The lowest BCUT2D eigenvalue weighted by Gasteiger charge is -2.10. The van der Waals surface area contributed by atoms with E-state index in [4.69, 9.17) is 0 Å². The summed E-state index contributed by atoms with van der Waals surface area (Å²) in [5.41, 5.74) is -4.18. The highest BCUT2D eigenvalue weighted by atomic mass is 32.2. The molecule has 4 nitrogen and oxygen atoms in total. The summed E-state index contributed by atoms with van der Waals surface area (Å²) < 4.78 is 35.8. The van der Waals surface area contributed by atoms with Crippen molar-refractivity contribution in [2.45, 2.75) is 25.8 Å². The van der Waals surface area contributed by atoms with Crippen molar-refractivity contribution in [1.29, 1.82) is 0 Å². The molecule has 0 aromatic carbocycles. The molecule has 1 aromatic rings. The molecule has 0 spiro atoms. The van der Waals surface area contributed by atoms with Gasteiger partial charge < -0.3 is 10.6 Å². The second-order valence-corrected chi connectivity index (χ2v) is 4.99. The molecule has 0 aliphatic rings. The zero-order valence-electron chi connectivity index (χ0n) is 10.8. The first-order valence-corrected chi connectivity index (χ1v) is 6.93. The molecule has 0 atom stereocenters. The molecule has 0 saturated carbocycles. The monoisotopic (exact) mass is 294 g/mol. The number of thioether (sulfide) groups is 1. The summed E-state index contributed by atoms with van der Waals surface area (Å²) in [6.45, 7) is 4.77. The number of halogens is 3. The highest BCUT2D eigenvalue weighted by molar-refractivity contribution is 8.00. The molecule has 1 aromatic heterocycles. The molecule has 1 rings (SSSR count). The van der Waals surface area contributed by atoms with Crippen molar-refractivity contribution in [2.75, 3.05) is 29.5 Å². The Labute approximate surface area is 114 Å². The molecule has 0 aliphatic heterocycles. The van der Waals surface area contributed by atoms with Crippen molar-refractivity contribution in [3.63, 3.8) is 0 Å². The first-order chi connectivity index (χ1) is 8.90. The van der Waals surface area contributed by atoms with Crippen LogP contribution in [-0.4, -0.2) is 34.3 Å². The van der Waals surface area contributed by atoms with Gasteiger partial charge in [-0.3, -0.25) is 0 Å². The van der Waals surface area contributed by atoms with Crippen LogP contribution < -0.4 is 10.6 Å². The number of nitrogens with one attached hydrogen (secondary N) is 2. The molecule has 0 aliphatic carbocycles. The van der Waals surface area contributed by atoms with Gasteiger partial charge in [0.25, 0.3) is 0 Å².